The third-order valence-electron chi connectivity index (χ3n) is 3.43. The van der Waals surface area contributed by atoms with E-state index in [1.165, 1.54) is 0 Å². The Hall–Kier alpha value is -1.36. The summed E-state index contributed by atoms with van der Waals surface area (Å²) in [6.07, 6.45) is 1.90. The lowest BCUT2D eigenvalue weighted by molar-refractivity contribution is -0.117. The van der Waals surface area contributed by atoms with Crippen LogP contribution in [0.3, 0.4) is 0 Å². The maximum Gasteiger partial charge on any atom is 0.227 e. The molecule has 0 bridgehead atoms. The molecule has 1 amide bonds. The Labute approximate surface area is 120 Å². The summed E-state index contributed by atoms with van der Waals surface area (Å²) in [4.78, 5) is 11.7. The summed E-state index contributed by atoms with van der Waals surface area (Å²) in [6, 6.07) is 7.07. The summed E-state index contributed by atoms with van der Waals surface area (Å²) in [5.74, 6) is 0.154. The number of carbonyl (C=O) groups is 1. The van der Waals surface area contributed by atoms with Crippen LogP contribution in [0.5, 0.6) is 0 Å². The van der Waals surface area contributed by atoms with Crippen molar-refractivity contribution in [2.45, 2.75) is 44.1 Å². The molecule has 1 saturated carbocycles. The number of sulfone groups is 1. The summed E-state index contributed by atoms with van der Waals surface area (Å²) >= 11 is 0. The lowest BCUT2D eigenvalue weighted by Crippen LogP contribution is -2.29. The number of hydrogen-bond acceptors (Lipinski definition) is 3. The molecule has 1 aromatic rings. The van der Waals surface area contributed by atoms with Crippen molar-refractivity contribution in [1.29, 1.82) is 0 Å². The minimum Gasteiger partial charge on any atom is -0.326 e. The van der Waals surface area contributed by atoms with Gasteiger partial charge >= 0.3 is 0 Å². The highest BCUT2D eigenvalue weighted by atomic mass is 32.2. The molecule has 4 nitrogen and oxygen atoms in total. The molecular formula is C15H21NO3S. The van der Waals surface area contributed by atoms with E-state index >= 15 is 0 Å². The molecule has 0 spiro atoms. The van der Waals surface area contributed by atoms with Crippen LogP contribution in [0, 0.1) is 5.92 Å². The number of carbonyl (C=O) groups excluding carboxylic acids is 1. The van der Waals surface area contributed by atoms with Gasteiger partial charge < -0.3 is 5.32 Å². The first-order valence-corrected chi connectivity index (χ1v) is 8.46. The van der Waals surface area contributed by atoms with E-state index in [0.29, 0.717) is 11.3 Å². The fourth-order valence-corrected chi connectivity index (χ4v) is 2.82. The van der Waals surface area contributed by atoms with Gasteiger partial charge in [0.1, 0.15) is 0 Å². The average molecular weight is 295 g/mol. The molecule has 20 heavy (non-hydrogen) atoms. The Balaban J connectivity index is 2.11. The first-order valence-electron chi connectivity index (χ1n) is 6.81. The molecule has 0 aliphatic heterocycles. The van der Waals surface area contributed by atoms with Crippen LogP contribution in [0.1, 0.15) is 39.2 Å². The Kier molecular flexibility index (Phi) is 3.91. The van der Waals surface area contributed by atoms with Crippen LogP contribution in [0.2, 0.25) is 0 Å². The van der Waals surface area contributed by atoms with Gasteiger partial charge in [-0.1, -0.05) is 12.1 Å². The van der Waals surface area contributed by atoms with Crippen LogP contribution >= 0.6 is 0 Å². The summed E-state index contributed by atoms with van der Waals surface area (Å²) in [6.45, 7) is 5.09. The van der Waals surface area contributed by atoms with Crippen LogP contribution in [0.4, 0.5) is 5.69 Å². The Morgan fingerprint density at radius 3 is 2.50 bits per heavy atom. The maximum atomic E-state index is 12.2. The fourth-order valence-electron chi connectivity index (χ4n) is 1.76. The van der Waals surface area contributed by atoms with E-state index in [1.807, 2.05) is 0 Å². The van der Waals surface area contributed by atoms with Crippen molar-refractivity contribution < 1.29 is 13.2 Å². The monoisotopic (exact) mass is 295 g/mol. The highest BCUT2D eigenvalue weighted by molar-refractivity contribution is 7.91. The van der Waals surface area contributed by atoms with E-state index in [2.05, 4.69) is 5.32 Å². The number of rotatable bonds is 4. The smallest absolute Gasteiger partial charge is 0.227 e. The van der Waals surface area contributed by atoms with Crippen molar-refractivity contribution in [2.75, 3.05) is 5.32 Å². The van der Waals surface area contributed by atoms with E-state index in [9.17, 15) is 13.2 Å². The van der Waals surface area contributed by atoms with Gasteiger partial charge in [-0.05, 0) is 51.3 Å². The van der Waals surface area contributed by atoms with Crippen molar-refractivity contribution in [3.63, 3.8) is 0 Å². The van der Waals surface area contributed by atoms with Crippen LogP contribution in [0.15, 0.2) is 24.3 Å². The molecule has 5 heteroatoms. The predicted octanol–water partition coefficient (Wildman–Crippen LogP) is 2.75. The van der Waals surface area contributed by atoms with Crippen LogP contribution in [-0.4, -0.2) is 19.1 Å². The topological polar surface area (TPSA) is 63.2 Å². The van der Waals surface area contributed by atoms with Gasteiger partial charge in [0.2, 0.25) is 5.91 Å². The zero-order valence-corrected chi connectivity index (χ0v) is 13.0. The summed E-state index contributed by atoms with van der Waals surface area (Å²) in [5, 5.41) is 2.83. The molecule has 0 heterocycles. The second-order valence-electron chi connectivity index (χ2n) is 6.34. The van der Waals surface area contributed by atoms with Gasteiger partial charge in [0.15, 0.2) is 9.84 Å². The van der Waals surface area contributed by atoms with E-state index in [0.717, 1.165) is 12.8 Å². The highest BCUT2D eigenvalue weighted by Crippen LogP contribution is 2.30. The Morgan fingerprint density at radius 1 is 1.30 bits per heavy atom. The molecule has 0 atom stereocenters. The Bertz CT molecular complexity index is 610. The molecule has 2 rings (SSSR count). The van der Waals surface area contributed by atoms with Gasteiger partial charge in [0.05, 0.1) is 10.5 Å². The normalized spacial score (nSPS) is 15.9. The molecule has 1 N–H and O–H groups in total. The van der Waals surface area contributed by atoms with Crippen LogP contribution in [0.25, 0.3) is 0 Å². The minimum absolute atomic E-state index is 0.0103. The first-order chi connectivity index (χ1) is 9.19. The van der Waals surface area contributed by atoms with E-state index in [4.69, 9.17) is 0 Å². The molecule has 110 valence electrons. The van der Waals surface area contributed by atoms with Crippen molar-refractivity contribution in [1.82, 2.24) is 0 Å². The lowest BCUT2D eigenvalue weighted by atomic mass is 10.2. The van der Waals surface area contributed by atoms with E-state index in [-0.39, 0.29) is 17.6 Å². The summed E-state index contributed by atoms with van der Waals surface area (Å²) in [7, 11) is -3.21. The van der Waals surface area contributed by atoms with E-state index in [1.54, 1.807) is 45.0 Å². The summed E-state index contributed by atoms with van der Waals surface area (Å²) < 4.78 is 23.6. The number of hydrogen-bond donors (Lipinski definition) is 1. The molecule has 0 unspecified atom stereocenters. The summed E-state index contributed by atoms with van der Waals surface area (Å²) in [5.41, 5.74) is 1.37. The number of benzene rings is 1. The maximum absolute atomic E-state index is 12.2. The lowest BCUT2D eigenvalue weighted by Gasteiger charge is -2.19. The predicted molar refractivity (Wildman–Crippen MR) is 80.2 cm³/mol. The van der Waals surface area contributed by atoms with Crippen LogP contribution in [-0.2, 0) is 20.4 Å². The van der Waals surface area contributed by atoms with Gasteiger partial charge in [0.25, 0.3) is 0 Å². The standard InChI is InChI=1S/C15H21NO3S/c1-15(2,3)20(18,19)10-11-5-4-6-13(9-11)16-14(17)12-7-8-12/h4-6,9,12H,7-8,10H2,1-3H3,(H,16,17). The van der Waals surface area contributed by atoms with Gasteiger partial charge in [0, 0.05) is 11.6 Å². The average Bonchev–Trinajstić information content (AvgIpc) is 3.10. The number of amides is 1. The van der Waals surface area contributed by atoms with Crippen molar-refractivity contribution in [2.24, 2.45) is 5.92 Å². The van der Waals surface area contributed by atoms with E-state index < -0.39 is 14.6 Å². The van der Waals surface area contributed by atoms with Gasteiger partial charge in [-0.25, -0.2) is 8.42 Å². The molecule has 0 saturated heterocycles. The largest absolute Gasteiger partial charge is 0.326 e. The second-order valence-corrected chi connectivity index (χ2v) is 9.08. The van der Waals surface area contributed by atoms with Gasteiger partial charge in [-0.2, -0.15) is 0 Å². The zero-order chi connectivity index (χ0) is 15.0. The van der Waals surface area contributed by atoms with Gasteiger partial charge in [-0.15, -0.1) is 0 Å². The highest BCUT2D eigenvalue weighted by Gasteiger charge is 2.30. The van der Waals surface area contributed by atoms with Crippen LogP contribution < -0.4 is 5.32 Å². The second kappa shape index (κ2) is 5.20. The quantitative estimate of drug-likeness (QED) is 0.929. The molecule has 0 aromatic heterocycles. The minimum atomic E-state index is -3.21. The Morgan fingerprint density at radius 2 is 1.95 bits per heavy atom. The molecular weight excluding hydrogens is 274 g/mol. The number of nitrogens with one attached hydrogen (secondary N) is 1. The molecule has 0 radical (unpaired) electrons. The van der Waals surface area contributed by atoms with Crippen molar-refractivity contribution in [3.05, 3.63) is 29.8 Å². The molecule has 1 aromatic carbocycles. The molecule has 1 aliphatic carbocycles. The zero-order valence-electron chi connectivity index (χ0n) is 12.1. The molecule has 1 aliphatic rings. The molecule has 1 fully saturated rings. The third-order valence-corrected chi connectivity index (χ3v) is 6.01. The number of anilines is 1. The van der Waals surface area contributed by atoms with Crippen molar-refractivity contribution >= 4 is 21.4 Å². The first kappa shape index (κ1) is 15.0. The third kappa shape index (κ3) is 3.60. The van der Waals surface area contributed by atoms with Crippen molar-refractivity contribution in [3.8, 4) is 0 Å². The van der Waals surface area contributed by atoms with Gasteiger partial charge in [-0.3, -0.25) is 4.79 Å². The fraction of sp³-hybridized carbons (Fsp3) is 0.533. The SMILES string of the molecule is CC(C)(C)S(=O)(=O)Cc1cccc(NC(=O)C2CC2)c1.